The molecule has 2 rings (SSSR count). The first-order valence-electron chi connectivity index (χ1n) is 3.88. The quantitative estimate of drug-likeness (QED) is 0.578. The maximum absolute atomic E-state index is 10.4. The molecule has 0 spiro atoms. The molecule has 0 aliphatic carbocycles. The van der Waals surface area contributed by atoms with E-state index in [-0.39, 0.29) is 22.3 Å². The molecule has 0 aliphatic rings. The van der Waals surface area contributed by atoms with Crippen molar-refractivity contribution in [2.45, 2.75) is 0 Å². The van der Waals surface area contributed by atoms with Gasteiger partial charge in [-0.3, -0.25) is 10.1 Å². The van der Waals surface area contributed by atoms with Gasteiger partial charge in [0.1, 0.15) is 18.2 Å². The zero-order valence-corrected chi connectivity index (χ0v) is 8.01. The summed E-state index contributed by atoms with van der Waals surface area (Å²) in [5.41, 5.74) is 0.113. The zero-order chi connectivity index (χ0) is 10.8. The highest BCUT2D eigenvalue weighted by atomic mass is 35.5. The average Bonchev–Trinajstić information content (AvgIpc) is 2.70. The molecule has 0 saturated heterocycles. The number of rotatable bonds is 2. The molecule has 0 aromatic carbocycles. The van der Waals surface area contributed by atoms with Gasteiger partial charge < -0.3 is 4.42 Å². The van der Waals surface area contributed by atoms with Gasteiger partial charge in [-0.1, -0.05) is 11.6 Å². The van der Waals surface area contributed by atoms with Crippen LogP contribution in [0.5, 0.6) is 0 Å². The highest BCUT2D eigenvalue weighted by molar-refractivity contribution is 6.33. The van der Waals surface area contributed by atoms with Gasteiger partial charge in [0.15, 0.2) is 0 Å². The van der Waals surface area contributed by atoms with Crippen molar-refractivity contribution < 1.29 is 9.34 Å². The fourth-order valence-electron chi connectivity index (χ4n) is 1.03. The summed E-state index contributed by atoms with van der Waals surface area (Å²) in [7, 11) is 0. The molecule has 0 amide bonds. The van der Waals surface area contributed by atoms with Gasteiger partial charge in [-0.15, -0.1) is 0 Å². The lowest BCUT2D eigenvalue weighted by Crippen LogP contribution is -1.91. The van der Waals surface area contributed by atoms with E-state index in [2.05, 4.69) is 9.97 Å². The number of hydrogen-bond donors (Lipinski definition) is 0. The molecule has 2 aromatic rings. The molecule has 0 saturated carbocycles. The summed E-state index contributed by atoms with van der Waals surface area (Å²) >= 11 is 5.80. The molecule has 0 fully saturated rings. The predicted molar refractivity (Wildman–Crippen MR) is 51.4 cm³/mol. The average molecular weight is 226 g/mol. The lowest BCUT2D eigenvalue weighted by atomic mass is 10.3. The van der Waals surface area contributed by atoms with E-state index in [4.69, 9.17) is 16.0 Å². The Balaban J connectivity index is 2.48. The Kier molecular flexibility index (Phi) is 2.34. The van der Waals surface area contributed by atoms with E-state index < -0.39 is 4.92 Å². The maximum Gasteiger partial charge on any atom is 0.289 e. The molecule has 2 heterocycles. The summed E-state index contributed by atoms with van der Waals surface area (Å²) in [6.45, 7) is 0. The Bertz CT molecular complexity index is 498. The van der Waals surface area contributed by atoms with Crippen molar-refractivity contribution >= 4 is 17.3 Å². The summed E-state index contributed by atoms with van der Waals surface area (Å²) in [6.07, 6.45) is 3.91. The number of nitro groups is 1. The number of halogens is 1. The van der Waals surface area contributed by atoms with Crippen molar-refractivity contribution in [1.29, 1.82) is 0 Å². The van der Waals surface area contributed by atoms with E-state index in [0.717, 1.165) is 6.20 Å². The van der Waals surface area contributed by atoms with Crippen LogP contribution in [0.4, 0.5) is 5.69 Å². The number of nitrogens with zero attached hydrogens (tertiary/aromatic N) is 3. The van der Waals surface area contributed by atoms with Gasteiger partial charge in [-0.2, -0.15) is 0 Å². The minimum atomic E-state index is -0.571. The van der Waals surface area contributed by atoms with Gasteiger partial charge in [0.05, 0.1) is 16.1 Å². The van der Waals surface area contributed by atoms with Crippen LogP contribution < -0.4 is 0 Å². The smallest absolute Gasteiger partial charge is 0.289 e. The predicted octanol–water partition coefficient (Wildman–Crippen LogP) is 2.30. The molecule has 76 valence electrons. The summed E-state index contributed by atoms with van der Waals surface area (Å²) in [5, 5.41) is 10.5. The second kappa shape index (κ2) is 3.66. The molecule has 7 heteroatoms. The van der Waals surface area contributed by atoms with E-state index in [1.165, 1.54) is 18.5 Å². The molecule has 0 N–H and O–H groups in total. The highest BCUT2D eigenvalue weighted by Crippen LogP contribution is 2.27. The third kappa shape index (κ3) is 1.79. The first kappa shape index (κ1) is 9.60. The van der Waals surface area contributed by atoms with E-state index in [1.807, 2.05) is 0 Å². The van der Waals surface area contributed by atoms with Crippen LogP contribution in [0, 0.1) is 10.1 Å². The van der Waals surface area contributed by atoms with Crippen LogP contribution in [-0.2, 0) is 0 Å². The van der Waals surface area contributed by atoms with E-state index in [0.29, 0.717) is 0 Å². The third-order valence-electron chi connectivity index (χ3n) is 1.67. The summed E-state index contributed by atoms with van der Waals surface area (Å²) in [5.74, 6) is 0.231. The fourth-order valence-corrected chi connectivity index (χ4v) is 1.27. The highest BCUT2D eigenvalue weighted by Gasteiger charge is 2.14. The van der Waals surface area contributed by atoms with Gasteiger partial charge in [-0.05, 0) is 0 Å². The van der Waals surface area contributed by atoms with Crippen molar-refractivity contribution in [2.75, 3.05) is 0 Å². The second-order valence-electron chi connectivity index (χ2n) is 2.62. The van der Waals surface area contributed by atoms with Gasteiger partial charge in [0.25, 0.3) is 5.69 Å². The van der Waals surface area contributed by atoms with E-state index >= 15 is 0 Å². The molecule has 6 nitrogen and oxygen atoms in total. The zero-order valence-electron chi connectivity index (χ0n) is 7.25. The molecule has 0 radical (unpaired) electrons. The maximum atomic E-state index is 10.4. The van der Waals surface area contributed by atoms with Crippen molar-refractivity contribution in [3.05, 3.63) is 39.9 Å². The first-order valence-corrected chi connectivity index (χ1v) is 4.26. The van der Waals surface area contributed by atoms with Gasteiger partial charge in [0.2, 0.25) is 5.89 Å². The first-order chi connectivity index (χ1) is 7.18. The summed E-state index contributed by atoms with van der Waals surface area (Å²) in [6, 6.07) is 1.20. The monoisotopic (exact) mass is 225 g/mol. The molecule has 2 aromatic heterocycles. The Labute approximate surface area is 88.7 Å². The number of pyridine rings is 1. The lowest BCUT2D eigenvalue weighted by molar-refractivity contribution is -0.385. The van der Waals surface area contributed by atoms with Crippen LogP contribution in [0.15, 0.2) is 29.1 Å². The Morgan fingerprint density at radius 3 is 2.80 bits per heavy atom. The van der Waals surface area contributed by atoms with Crippen molar-refractivity contribution in [1.82, 2.24) is 9.97 Å². The lowest BCUT2D eigenvalue weighted by Gasteiger charge is -1.97. The Morgan fingerprint density at radius 1 is 1.47 bits per heavy atom. The van der Waals surface area contributed by atoms with Gasteiger partial charge in [0, 0.05) is 6.07 Å². The molecular weight excluding hydrogens is 222 g/mol. The van der Waals surface area contributed by atoms with Crippen LogP contribution in [0.3, 0.4) is 0 Å². The standard InChI is InChI=1S/C8H4ClN3O3/c9-6-3-5(12(13)14)4-11-7(6)8-10-1-2-15-8/h1-4H. The minimum Gasteiger partial charge on any atom is -0.443 e. The van der Waals surface area contributed by atoms with Crippen molar-refractivity contribution in [2.24, 2.45) is 0 Å². The molecule has 0 unspecified atom stereocenters. The van der Waals surface area contributed by atoms with Crippen LogP contribution in [-0.4, -0.2) is 14.9 Å². The largest absolute Gasteiger partial charge is 0.443 e. The molecule has 0 atom stereocenters. The molecular formula is C8H4ClN3O3. The minimum absolute atomic E-state index is 0.131. The van der Waals surface area contributed by atoms with Crippen molar-refractivity contribution in [3.8, 4) is 11.6 Å². The Morgan fingerprint density at radius 2 is 2.27 bits per heavy atom. The normalized spacial score (nSPS) is 10.2. The van der Waals surface area contributed by atoms with Gasteiger partial charge in [-0.25, -0.2) is 9.97 Å². The van der Waals surface area contributed by atoms with Gasteiger partial charge >= 0.3 is 0 Å². The third-order valence-corrected chi connectivity index (χ3v) is 1.96. The van der Waals surface area contributed by atoms with Crippen LogP contribution in [0.1, 0.15) is 0 Å². The van der Waals surface area contributed by atoms with Crippen molar-refractivity contribution in [3.63, 3.8) is 0 Å². The topological polar surface area (TPSA) is 82.1 Å². The van der Waals surface area contributed by atoms with Crippen LogP contribution in [0.2, 0.25) is 5.02 Å². The number of oxazole rings is 1. The SMILES string of the molecule is O=[N+]([O-])c1cnc(-c2ncco2)c(Cl)c1. The summed E-state index contributed by atoms with van der Waals surface area (Å²) < 4.78 is 4.97. The molecule has 0 aliphatic heterocycles. The molecule has 15 heavy (non-hydrogen) atoms. The van der Waals surface area contributed by atoms with Crippen LogP contribution in [0.25, 0.3) is 11.6 Å². The van der Waals surface area contributed by atoms with E-state index in [1.54, 1.807) is 0 Å². The Hall–Kier alpha value is -1.95. The second-order valence-corrected chi connectivity index (χ2v) is 3.03. The fraction of sp³-hybridized carbons (Fsp3) is 0. The number of aromatic nitrogens is 2. The number of hydrogen-bond acceptors (Lipinski definition) is 5. The summed E-state index contributed by atoms with van der Waals surface area (Å²) in [4.78, 5) is 17.5. The van der Waals surface area contributed by atoms with Crippen LogP contribution >= 0.6 is 11.6 Å². The van der Waals surface area contributed by atoms with E-state index in [9.17, 15) is 10.1 Å². The molecule has 0 bridgehead atoms.